The van der Waals surface area contributed by atoms with E-state index in [4.69, 9.17) is 4.43 Å². The van der Waals surface area contributed by atoms with E-state index in [1.807, 2.05) is 12.1 Å². The van der Waals surface area contributed by atoms with E-state index < -0.39 is 8.32 Å². The molecule has 0 aromatic carbocycles. The van der Waals surface area contributed by atoms with Crippen molar-refractivity contribution in [2.75, 3.05) is 18.5 Å². The normalized spacial score (nSPS) is 12.8. The zero-order valence-electron chi connectivity index (χ0n) is 12.8. The summed E-state index contributed by atoms with van der Waals surface area (Å²) >= 11 is 1.44. The van der Waals surface area contributed by atoms with Crippen LogP contribution in [0.4, 0.5) is 5.82 Å². The SMILES string of the molecule is CC(C)(C)[Si](C)(C)OCCNc1ccc2n[c]sc2n1. The largest absolute Gasteiger partial charge is 0.415 e. The molecule has 0 saturated heterocycles. The molecule has 0 spiro atoms. The van der Waals surface area contributed by atoms with Gasteiger partial charge in [0.1, 0.15) is 16.2 Å². The Kier molecular flexibility index (Phi) is 4.46. The van der Waals surface area contributed by atoms with Gasteiger partial charge in [0.2, 0.25) is 0 Å². The molecule has 0 fully saturated rings. The maximum atomic E-state index is 6.12. The van der Waals surface area contributed by atoms with Crippen molar-refractivity contribution in [3.63, 3.8) is 0 Å². The summed E-state index contributed by atoms with van der Waals surface area (Å²) in [5.74, 6) is 0.869. The molecule has 20 heavy (non-hydrogen) atoms. The number of nitrogens with zero attached hydrogens (tertiary/aromatic N) is 2. The van der Waals surface area contributed by atoms with E-state index >= 15 is 0 Å². The Morgan fingerprint density at radius 2 is 2.10 bits per heavy atom. The van der Waals surface area contributed by atoms with Crippen LogP contribution in [0.1, 0.15) is 20.8 Å². The molecule has 0 bridgehead atoms. The van der Waals surface area contributed by atoms with Crippen molar-refractivity contribution in [2.24, 2.45) is 0 Å². The van der Waals surface area contributed by atoms with Gasteiger partial charge in [-0.25, -0.2) is 9.97 Å². The van der Waals surface area contributed by atoms with Gasteiger partial charge in [0, 0.05) is 6.54 Å². The van der Waals surface area contributed by atoms with Gasteiger partial charge in [-0.1, -0.05) is 32.1 Å². The molecular formula is C14H22N3OSSi. The van der Waals surface area contributed by atoms with Crippen LogP contribution in [-0.4, -0.2) is 31.4 Å². The minimum Gasteiger partial charge on any atom is -0.415 e. The lowest BCUT2D eigenvalue weighted by Crippen LogP contribution is -2.41. The third-order valence-corrected chi connectivity index (χ3v) is 9.04. The molecule has 0 amide bonds. The maximum Gasteiger partial charge on any atom is 0.192 e. The molecule has 1 radical (unpaired) electrons. The summed E-state index contributed by atoms with van der Waals surface area (Å²) < 4.78 is 6.12. The van der Waals surface area contributed by atoms with Crippen LogP contribution in [-0.2, 0) is 4.43 Å². The minimum absolute atomic E-state index is 0.253. The second-order valence-electron chi connectivity index (χ2n) is 6.36. The molecule has 0 aliphatic carbocycles. The molecule has 2 aromatic rings. The smallest absolute Gasteiger partial charge is 0.192 e. The predicted molar refractivity (Wildman–Crippen MR) is 87.9 cm³/mol. The summed E-state index contributed by atoms with van der Waals surface area (Å²) in [7, 11) is -1.65. The quantitative estimate of drug-likeness (QED) is 0.671. The number of hydrogen-bond donors (Lipinski definition) is 1. The summed E-state index contributed by atoms with van der Waals surface area (Å²) in [6.45, 7) is 12.8. The van der Waals surface area contributed by atoms with Crippen molar-refractivity contribution in [2.45, 2.75) is 38.9 Å². The van der Waals surface area contributed by atoms with Crippen LogP contribution >= 0.6 is 11.3 Å². The fourth-order valence-electron chi connectivity index (χ4n) is 1.51. The first-order valence-corrected chi connectivity index (χ1v) is 10.5. The summed E-state index contributed by atoms with van der Waals surface area (Å²) in [6, 6.07) is 3.91. The number of nitrogens with one attached hydrogen (secondary N) is 1. The van der Waals surface area contributed by atoms with Crippen molar-refractivity contribution in [1.29, 1.82) is 0 Å². The summed E-state index contributed by atoms with van der Waals surface area (Å²) in [5, 5.41) is 3.55. The van der Waals surface area contributed by atoms with Gasteiger partial charge in [0.25, 0.3) is 0 Å². The van der Waals surface area contributed by atoms with E-state index in [1.54, 1.807) is 0 Å². The molecule has 0 unspecified atom stereocenters. The van der Waals surface area contributed by atoms with Crippen LogP contribution in [0.2, 0.25) is 18.1 Å². The topological polar surface area (TPSA) is 47.0 Å². The Morgan fingerprint density at radius 1 is 1.35 bits per heavy atom. The highest BCUT2D eigenvalue weighted by Gasteiger charge is 2.36. The molecule has 0 atom stereocenters. The van der Waals surface area contributed by atoms with E-state index in [2.05, 4.69) is 54.7 Å². The second-order valence-corrected chi connectivity index (χ2v) is 11.9. The average molecular weight is 309 g/mol. The second kappa shape index (κ2) is 5.79. The monoisotopic (exact) mass is 308 g/mol. The minimum atomic E-state index is -1.65. The lowest BCUT2D eigenvalue weighted by atomic mass is 10.2. The van der Waals surface area contributed by atoms with Gasteiger partial charge in [-0.05, 0) is 30.3 Å². The summed E-state index contributed by atoms with van der Waals surface area (Å²) in [4.78, 5) is 9.50. The first kappa shape index (κ1) is 15.4. The highest BCUT2D eigenvalue weighted by Crippen LogP contribution is 2.36. The lowest BCUT2D eigenvalue weighted by molar-refractivity contribution is 0.301. The molecule has 0 aliphatic heterocycles. The molecule has 4 nitrogen and oxygen atoms in total. The fourth-order valence-corrected chi connectivity index (χ4v) is 3.15. The van der Waals surface area contributed by atoms with Crippen LogP contribution in [0.5, 0.6) is 0 Å². The first-order chi connectivity index (χ1) is 9.29. The molecule has 6 heteroatoms. The van der Waals surface area contributed by atoms with Crippen LogP contribution in [0.25, 0.3) is 10.3 Å². The fraction of sp³-hybridized carbons (Fsp3) is 0.571. The number of pyridine rings is 1. The van der Waals surface area contributed by atoms with Crippen molar-refractivity contribution in [3.8, 4) is 0 Å². The number of fused-ring (bicyclic) bond motifs is 1. The standard InChI is InChI=1S/C14H22N3OSSi/c1-14(2,3)20(4,5)18-9-8-15-12-7-6-11-13(17-12)19-10-16-11/h6-7H,8-9H2,1-5H3,(H,15,17). The van der Waals surface area contributed by atoms with Gasteiger partial charge in [-0.3, -0.25) is 0 Å². The molecule has 0 aliphatic rings. The first-order valence-electron chi connectivity index (χ1n) is 6.81. The van der Waals surface area contributed by atoms with Gasteiger partial charge in [0.05, 0.1) is 6.61 Å². The van der Waals surface area contributed by atoms with Crippen LogP contribution in [0.15, 0.2) is 12.1 Å². The van der Waals surface area contributed by atoms with Crippen LogP contribution in [0.3, 0.4) is 0 Å². The zero-order valence-corrected chi connectivity index (χ0v) is 14.6. The summed E-state index contributed by atoms with van der Waals surface area (Å²) in [5.41, 5.74) is 3.75. The number of anilines is 1. The molecule has 1 N–H and O–H groups in total. The van der Waals surface area contributed by atoms with Crippen LogP contribution in [0, 0.1) is 5.51 Å². The van der Waals surface area contributed by atoms with E-state index in [9.17, 15) is 0 Å². The Labute approximate surface area is 125 Å². The number of thiazole rings is 1. The molecule has 109 valence electrons. The van der Waals surface area contributed by atoms with Gasteiger partial charge in [-0.15, -0.1) is 0 Å². The van der Waals surface area contributed by atoms with E-state index in [0.29, 0.717) is 6.61 Å². The Hall–Kier alpha value is -0.983. The molecule has 0 saturated carbocycles. The molecule has 2 aromatic heterocycles. The van der Waals surface area contributed by atoms with Crippen molar-refractivity contribution in [1.82, 2.24) is 9.97 Å². The van der Waals surface area contributed by atoms with Gasteiger partial charge < -0.3 is 9.74 Å². The van der Waals surface area contributed by atoms with Gasteiger partial charge >= 0.3 is 0 Å². The lowest BCUT2D eigenvalue weighted by Gasteiger charge is -2.36. The average Bonchev–Trinajstić information content (AvgIpc) is 2.80. The van der Waals surface area contributed by atoms with Crippen molar-refractivity contribution < 1.29 is 4.43 Å². The number of hydrogen-bond acceptors (Lipinski definition) is 5. The predicted octanol–water partition coefficient (Wildman–Crippen LogP) is 3.93. The highest BCUT2D eigenvalue weighted by atomic mass is 32.1. The Bertz CT molecular complexity index is 577. The molecule has 2 rings (SSSR count). The van der Waals surface area contributed by atoms with E-state index in [1.165, 1.54) is 11.3 Å². The third-order valence-electron chi connectivity index (χ3n) is 3.83. The Balaban J connectivity index is 1.84. The van der Waals surface area contributed by atoms with E-state index in [0.717, 1.165) is 22.7 Å². The Morgan fingerprint density at radius 3 is 2.80 bits per heavy atom. The van der Waals surface area contributed by atoms with Gasteiger partial charge in [0.15, 0.2) is 13.8 Å². The molecule has 2 heterocycles. The zero-order chi connectivity index (χ0) is 14.8. The van der Waals surface area contributed by atoms with Crippen molar-refractivity contribution >= 4 is 35.8 Å². The van der Waals surface area contributed by atoms with E-state index in [-0.39, 0.29) is 5.04 Å². The highest BCUT2D eigenvalue weighted by molar-refractivity contribution is 7.15. The number of aromatic nitrogens is 2. The number of rotatable bonds is 5. The maximum absolute atomic E-state index is 6.12. The third kappa shape index (κ3) is 3.56. The molecular weight excluding hydrogens is 286 g/mol. The summed E-state index contributed by atoms with van der Waals surface area (Å²) in [6.07, 6.45) is 0. The van der Waals surface area contributed by atoms with Gasteiger partial charge in [-0.2, -0.15) is 0 Å². The van der Waals surface area contributed by atoms with Crippen molar-refractivity contribution in [3.05, 3.63) is 17.6 Å². The van der Waals surface area contributed by atoms with Crippen LogP contribution < -0.4 is 5.32 Å².